The summed E-state index contributed by atoms with van der Waals surface area (Å²) >= 11 is 0. The van der Waals surface area contributed by atoms with Gasteiger partial charge in [-0.15, -0.1) is 0 Å². The SMILES string of the molecule is CN(C)CCCN1C(=O)C(C)(C)NCCC1(C)C. The molecular formula is C14H29N3O. The van der Waals surface area contributed by atoms with Gasteiger partial charge >= 0.3 is 0 Å². The van der Waals surface area contributed by atoms with E-state index in [9.17, 15) is 4.79 Å². The van der Waals surface area contributed by atoms with Gasteiger partial charge in [0.1, 0.15) is 0 Å². The molecule has 0 saturated carbocycles. The molecule has 1 N–H and O–H groups in total. The van der Waals surface area contributed by atoms with Crippen LogP contribution in [0.25, 0.3) is 0 Å². The highest BCUT2D eigenvalue weighted by molar-refractivity contribution is 5.86. The summed E-state index contributed by atoms with van der Waals surface area (Å²) in [6, 6.07) is 0. The second kappa shape index (κ2) is 5.57. The first-order chi connectivity index (χ1) is 8.17. The molecule has 0 spiro atoms. The van der Waals surface area contributed by atoms with Gasteiger partial charge in [-0.2, -0.15) is 0 Å². The average molecular weight is 255 g/mol. The largest absolute Gasteiger partial charge is 0.336 e. The molecule has 0 radical (unpaired) electrons. The van der Waals surface area contributed by atoms with E-state index < -0.39 is 5.54 Å². The summed E-state index contributed by atoms with van der Waals surface area (Å²) in [6.45, 7) is 11.1. The molecule has 0 unspecified atom stereocenters. The van der Waals surface area contributed by atoms with Gasteiger partial charge in [-0.25, -0.2) is 0 Å². The first-order valence-electron chi connectivity index (χ1n) is 6.89. The van der Waals surface area contributed by atoms with Crippen LogP contribution in [0.1, 0.15) is 40.5 Å². The minimum absolute atomic E-state index is 0.0514. The average Bonchev–Trinajstić information content (AvgIpc) is 2.27. The normalized spacial score (nSPS) is 23.3. The number of carbonyl (C=O) groups is 1. The summed E-state index contributed by atoms with van der Waals surface area (Å²) in [5, 5.41) is 3.35. The number of nitrogens with zero attached hydrogens (tertiary/aromatic N) is 2. The molecule has 1 aliphatic rings. The maximum absolute atomic E-state index is 12.6. The van der Waals surface area contributed by atoms with Crippen molar-refractivity contribution in [2.75, 3.05) is 33.7 Å². The van der Waals surface area contributed by atoms with E-state index in [1.165, 1.54) is 0 Å². The van der Waals surface area contributed by atoms with E-state index in [4.69, 9.17) is 0 Å². The van der Waals surface area contributed by atoms with Crippen LogP contribution in [-0.4, -0.2) is 60.5 Å². The summed E-state index contributed by atoms with van der Waals surface area (Å²) in [5.74, 6) is 0.226. The Balaban J connectivity index is 2.76. The molecule has 1 saturated heterocycles. The second-order valence-electron chi connectivity index (χ2n) is 6.73. The maximum atomic E-state index is 12.6. The number of hydrogen-bond acceptors (Lipinski definition) is 3. The monoisotopic (exact) mass is 255 g/mol. The van der Waals surface area contributed by atoms with Gasteiger partial charge in [-0.05, 0) is 67.7 Å². The Morgan fingerprint density at radius 2 is 1.89 bits per heavy atom. The Hall–Kier alpha value is -0.610. The van der Waals surface area contributed by atoms with Crippen molar-refractivity contribution in [1.29, 1.82) is 0 Å². The number of amides is 1. The number of carbonyl (C=O) groups excluding carboxylic acids is 1. The van der Waals surface area contributed by atoms with Crippen LogP contribution in [0.5, 0.6) is 0 Å². The van der Waals surface area contributed by atoms with Gasteiger partial charge in [0.25, 0.3) is 0 Å². The Morgan fingerprint density at radius 1 is 1.28 bits per heavy atom. The zero-order chi connectivity index (χ0) is 14.0. The highest BCUT2D eigenvalue weighted by Gasteiger charge is 2.41. The molecule has 4 nitrogen and oxygen atoms in total. The van der Waals surface area contributed by atoms with Gasteiger partial charge in [-0.3, -0.25) is 4.79 Å². The lowest BCUT2D eigenvalue weighted by atomic mass is 9.96. The Labute approximate surface area is 112 Å². The first-order valence-corrected chi connectivity index (χ1v) is 6.89. The molecular weight excluding hydrogens is 226 g/mol. The van der Waals surface area contributed by atoms with Crippen LogP contribution in [0.15, 0.2) is 0 Å². The van der Waals surface area contributed by atoms with Crippen molar-refractivity contribution in [1.82, 2.24) is 15.1 Å². The van der Waals surface area contributed by atoms with Gasteiger partial charge in [0.05, 0.1) is 5.54 Å². The van der Waals surface area contributed by atoms with Crippen LogP contribution >= 0.6 is 0 Å². The Bertz CT molecular complexity index is 297. The van der Waals surface area contributed by atoms with Crippen molar-refractivity contribution >= 4 is 5.91 Å². The molecule has 1 amide bonds. The molecule has 0 atom stereocenters. The van der Waals surface area contributed by atoms with Crippen molar-refractivity contribution in [2.24, 2.45) is 0 Å². The van der Waals surface area contributed by atoms with Gasteiger partial charge < -0.3 is 15.1 Å². The maximum Gasteiger partial charge on any atom is 0.242 e. The Morgan fingerprint density at radius 3 is 2.44 bits per heavy atom. The van der Waals surface area contributed by atoms with E-state index in [-0.39, 0.29) is 11.4 Å². The quantitative estimate of drug-likeness (QED) is 0.823. The molecule has 0 aromatic rings. The Kier molecular flexibility index (Phi) is 4.78. The highest BCUT2D eigenvalue weighted by Crippen LogP contribution is 2.26. The van der Waals surface area contributed by atoms with Crippen molar-refractivity contribution in [2.45, 2.75) is 51.6 Å². The highest BCUT2D eigenvalue weighted by atomic mass is 16.2. The molecule has 106 valence electrons. The fourth-order valence-electron chi connectivity index (χ4n) is 2.45. The van der Waals surface area contributed by atoms with Gasteiger partial charge in [0.15, 0.2) is 0 Å². The number of hydrogen-bond donors (Lipinski definition) is 1. The molecule has 1 rings (SSSR count). The molecule has 1 fully saturated rings. The predicted octanol–water partition coefficient (Wildman–Crippen LogP) is 1.32. The van der Waals surface area contributed by atoms with Crippen molar-refractivity contribution in [3.05, 3.63) is 0 Å². The lowest BCUT2D eigenvalue weighted by Gasteiger charge is -2.39. The lowest BCUT2D eigenvalue weighted by Crippen LogP contribution is -2.56. The third kappa shape index (κ3) is 3.69. The lowest BCUT2D eigenvalue weighted by molar-refractivity contribution is -0.141. The minimum Gasteiger partial charge on any atom is -0.336 e. The molecule has 18 heavy (non-hydrogen) atoms. The molecule has 0 aromatic carbocycles. The predicted molar refractivity (Wildman–Crippen MR) is 75.7 cm³/mol. The van der Waals surface area contributed by atoms with Crippen molar-refractivity contribution in [3.8, 4) is 0 Å². The van der Waals surface area contributed by atoms with E-state index in [1.54, 1.807) is 0 Å². The summed E-state index contributed by atoms with van der Waals surface area (Å²) in [6.07, 6.45) is 2.03. The zero-order valence-electron chi connectivity index (χ0n) is 12.8. The summed E-state index contributed by atoms with van der Waals surface area (Å²) in [4.78, 5) is 16.8. The summed E-state index contributed by atoms with van der Waals surface area (Å²) in [5.41, 5.74) is -0.490. The number of rotatable bonds is 4. The molecule has 1 aliphatic heterocycles. The third-order valence-corrected chi connectivity index (χ3v) is 3.80. The summed E-state index contributed by atoms with van der Waals surface area (Å²) in [7, 11) is 4.14. The first kappa shape index (κ1) is 15.4. The van der Waals surface area contributed by atoms with Gasteiger partial charge in [0, 0.05) is 12.1 Å². The van der Waals surface area contributed by atoms with E-state index in [0.29, 0.717) is 0 Å². The van der Waals surface area contributed by atoms with E-state index >= 15 is 0 Å². The molecule has 4 heteroatoms. The van der Waals surface area contributed by atoms with E-state index in [2.05, 4.69) is 43.1 Å². The molecule has 0 aliphatic carbocycles. The molecule has 0 bridgehead atoms. The standard InChI is InChI=1S/C14H29N3O/c1-13(2)8-9-15-14(3,4)12(18)17(13)11-7-10-16(5)6/h15H,7-11H2,1-6H3. The van der Waals surface area contributed by atoms with Crippen LogP contribution in [0, 0.1) is 0 Å². The van der Waals surface area contributed by atoms with Crippen LogP contribution < -0.4 is 5.32 Å². The summed E-state index contributed by atoms with van der Waals surface area (Å²) < 4.78 is 0. The van der Waals surface area contributed by atoms with E-state index in [0.717, 1.165) is 32.5 Å². The van der Waals surface area contributed by atoms with Gasteiger partial charge in [-0.1, -0.05) is 0 Å². The smallest absolute Gasteiger partial charge is 0.242 e. The van der Waals surface area contributed by atoms with Crippen LogP contribution in [-0.2, 0) is 4.79 Å². The van der Waals surface area contributed by atoms with Crippen LogP contribution in [0.2, 0.25) is 0 Å². The van der Waals surface area contributed by atoms with Crippen LogP contribution in [0.4, 0.5) is 0 Å². The fourth-order valence-corrected chi connectivity index (χ4v) is 2.45. The van der Waals surface area contributed by atoms with E-state index in [1.807, 2.05) is 13.8 Å². The molecule has 1 heterocycles. The third-order valence-electron chi connectivity index (χ3n) is 3.80. The van der Waals surface area contributed by atoms with Crippen LogP contribution in [0.3, 0.4) is 0 Å². The fraction of sp³-hybridized carbons (Fsp3) is 0.929. The zero-order valence-corrected chi connectivity index (χ0v) is 12.8. The van der Waals surface area contributed by atoms with Crippen molar-refractivity contribution in [3.63, 3.8) is 0 Å². The topological polar surface area (TPSA) is 35.6 Å². The second-order valence-corrected chi connectivity index (χ2v) is 6.73. The molecule has 0 aromatic heterocycles. The van der Waals surface area contributed by atoms with Gasteiger partial charge in [0.2, 0.25) is 5.91 Å². The van der Waals surface area contributed by atoms with Crippen molar-refractivity contribution < 1.29 is 4.79 Å². The number of nitrogens with one attached hydrogen (secondary N) is 1. The minimum atomic E-state index is -0.439.